The zero-order chi connectivity index (χ0) is 21.4. The highest BCUT2D eigenvalue weighted by molar-refractivity contribution is 7.98. The number of carbonyl (C=O) groups excluding carboxylic acids is 1. The molecular weight excluding hydrogens is 416 g/mol. The zero-order valence-corrected chi connectivity index (χ0v) is 19.1. The van der Waals surface area contributed by atoms with E-state index in [2.05, 4.69) is 36.5 Å². The second-order valence-corrected chi connectivity index (χ2v) is 10.7. The Morgan fingerprint density at radius 2 is 1.73 bits per heavy atom. The maximum absolute atomic E-state index is 13.0. The quantitative estimate of drug-likeness (QED) is 0.617. The molecule has 30 heavy (non-hydrogen) atoms. The molecule has 1 heterocycles. The van der Waals surface area contributed by atoms with E-state index in [1.807, 2.05) is 0 Å². The Kier molecular flexibility index (Phi) is 8.36. The van der Waals surface area contributed by atoms with E-state index >= 15 is 0 Å². The number of rotatable bonds is 8. The van der Waals surface area contributed by atoms with Crippen LogP contribution in [0.5, 0.6) is 0 Å². The predicted octanol–water partition coefficient (Wildman–Crippen LogP) is 4.22. The molecule has 1 aliphatic heterocycles. The number of aryl methyl sites for hydroxylation is 1. The minimum Gasteiger partial charge on any atom is -0.351 e. The van der Waals surface area contributed by atoms with E-state index in [0.29, 0.717) is 25.2 Å². The smallest absolute Gasteiger partial charge is 0.251 e. The van der Waals surface area contributed by atoms with Crippen molar-refractivity contribution in [1.82, 2.24) is 9.62 Å². The normalized spacial score (nSPS) is 15.5. The number of sulfonamides is 1. The standard InChI is InChI=1S/C23H30N2O3S2/c1-19-9-11-20(12-10-19)18-29-16-13-24-23(26)21-7-6-8-22(17-21)30(27,28)25-14-4-2-3-5-15-25/h6-12,17H,2-5,13-16,18H2,1H3,(H,24,26). The van der Waals surface area contributed by atoms with E-state index in [9.17, 15) is 13.2 Å². The highest BCUT2D eigenvalue weighted by atomic mass is 32.2. The van der Waals surface area contributed by atoms with Gasteiger partial charge in [0.05, 0.1) is 4.90 Å². The first kappa shape index (κ1) is 22.8. The molecule has 0 unspecified atom stereocenters. The molecule has 0 radical (unpaired) electrons. The average Bonchev–Trinajstić information content (AvgIpc) is 3.05. The van der Waals surface area contributed by atoms with Crippen molar-refractivity contribution < 1.29 is 13.2 Å². The molecular formula is C23H30N2O3S2. The molecule has 7 heteroatoms. The van der Waals surface area contributed by atoms with Crippen LogP contribution in [0.15, 0.2) is 53.4 Å². The van der Waals surface area contributed by atoms with Gasteiger partial charge in [0.15, 0.2) is 0 Å². The number of amides is 1. The summed E-state index contributed by atoms with van der Waals surface area (Å²) in [4.78, 5) is 12.7. The molecule has 2 aromatic carbocycles. The zero-order valence-electron chi connectivity index (χ0n) is 17.5. The Bertz CT molecular complexity index is 935. The summed E-state index contributed by atoms with van der Waals surface area (Å²) in [5.41, 5.74) is 2.90. The molecule has 1 aliphatic rings. The number of hydrogen-bond acceptors (Lipinski definition) is 4. The number of hydrogen-bond donors (Lipinski definition) is 1. The van der Waals surface area contributed by atoms with Crippen LogP contribution in [0.4, 0.5) is 0 Å². The van der Waals surface area contributed by atoms with Crippen molar-refractivity contribution in [3.63, 3.8) is 0 Å². The van der Waals surface area contributed by atoms with Gasteiger partial charge in [-0.15, -0.1) is 0 Å². The number of nitrogens with one attached hydrogen (secondary N) is 1. The topological polar surface area (TPSA) is 66.5 Å². The van der Waals surface area contributed by atoms with Gasteiger partial charge in [0.25, 0.3) is 5.91 Å². The largest absolute Gasteiger partial charge is 0.351 e. The molecule has 0 spiro atoms. The summed E-state index contributed by atoms with van der Waals surface area (Å²) < 4.78 is 27.5. The first-order valence-corrected chi connectivity index (χ1v) is 13.1. The summed E-state index contributed by atoms with van der Waals surface area (Å²) in [6.07, 6.45) is 3.91. The Labute approximate surface area is 184 Å². The molecule has 1 fully saturated rings. The fourth-order valence-corrected chi connectivity index (χ4v) is 5.82. The van der Waals surface area contributed by atoms with Crippen LogP contribution in [-0.2, 0) is 15.8 Å². The van der Waals surface area contributed by atoms with Gasteiger partial charge in [0.1, 0.15) is 0 Å². The lowest BCUT2D eigenvalue weighted by Gasteiger charge is -2.20. The Hall–Kier alpha value is -1.83. The number of benzene rings is 2. The maximum Gasteiger partial charge on any atom is 0.251 e. The molecule has 1 N–H and O–H groups in total. The van der Waals surface area contributed by atoms with Crippen molar-refractivity contribution in [2.24, 2.45) is 0 Å². The number of carbonyl (C=O) groups is 1. The molecule has 5 nitrogen and oxygen atoms in total. The van der Waals surface area contributed by atoms with Crippen LogP contribution < -0.4 is 5.32 Å². The van der Waals surface area contributed by atoms with Crippen LogP contribution in [0.2, 0.25) is 0 Å². The van der Waals surface area contributed by atoms with Crippen molar-refractivity contribution in [3.05, 3.63) is 65.2 Å². The van der Waals surface area contributed by atoms with Gasteiger partial charge in [0, 0.05) is 36.7 Å². The third kappa shape index (κ3) is 6.33. The first-order valence-electron chi connectivity index (χ1n) is 10.5. The molecule has 0 aliphatic carbocycles. The van der Waals surface area contributed by atoms with Crippen molar-refractivity contribution in [3.8, 4) is 0 Å². The molecule has 162 valence electrons. The first-order chi connectivity index (χ1) is 14.5. The Morgan fingerprint density at radius 1 is 1.03 bits per heavy atom. The van der Waals surface area contributed by atoms with Crippen LogP contribution in [0, 0.1) is 6.92 Å². The monoisotopic (exact) mass is 446 g/mol. The van der Waals surface area contributed by atoms with E-state index in [4.69, 9.17) is 0 Å². The highest BCUT2D eigenvalue weighted by Crippen LogP contribution is 2.21. The van der Waals surface area contributed by atoms with Gasteiger partial charge in [-0.05, 0) is 43.5 Å². The highest BCUT2D eigenvalue weighted by Gasteiger charge is 2.25. The van der Waals surface area contributed by atoms with Gasteiger partial charge in [-0.3, -0.25) is 4.79 Å². The van der Waals surface area contributed by atoms with Crippen LogP contribution in [0.3, 0.4) is 0 Å². The van der Waals surface area contributed by atoms with Crippen LogP contribution in [0.1, 0.15) is 47.2 Å². The minimum atomic E-state index is -3.56. The molecule has 0 atom stereocenters. The molecule has 0 aromatic heterocycles. The van der Waals surface area contributed by atoms with Gasteiger partial charge < -0.3 is 5.32 Å². The predicted molar refractivity (Wildman–Crippen MR) is 123 cm³/mol. The summed E-state index contributed by atoms with van der Waals surface area (Å²) in [7, 11) is -3.56. The lowest BCUT2D eigenvalue weighted by molar-refractivity contribution is 0.0956. The molecule has 0 bridgehead atoms. The third-order valence-corrected chi connectivity index (χ3v) is 8.15. The molecule has 2 aromatic rings. The van der Waals surface area contributed by atoms with Crippen molar-refractivity contribution in [1.29, 1.82) is 0 Å². The summed E-state index contributed by atoms with van der Waals surface area (Å²) in [6, 6.07) is 14.8. The lowest BCUT2D eigenvalue weighted by atomic mass is 10.2. The van der Waals surface area contributed by atoms with Crippen molar-refractivity contribution in [2.75, 3.05) is 25.4 Å². The van der Waals surface area contributed by atoms with Crippen LogP contribution in [0.25, 0.3) is 0 Å². The van der Waals surface area contributed by atoms with Gasteiger partial charge in [-0.25, -0.2) is 8.42 Å². The number of thioether (sulfide) groups is 1. The van der Waals surface area contributed by atoms with Gasteiger partial charge in [-0.1, -0.05) is 48.7 Å². The van der Waals surface area contributed by atoms with Crippen molar-refractivity contribution in [2.45, 2.75) is 43.3 Å². The molecule has 1 amide bonds. The minimum absolute atomic E-state index is 0.200. The SMILES string of the molecule is Cc1ccc(CSCCNC(=O)c2cccc(S(=O)(=O)N3CCCCCC3)c2)cc1. The third-order valence-electron chi connectivity index (χ3n) is 5.22. The fraction of sp³-hybridized carbons (Fsp3) is 0.435. The fourth-order valence-electron chi connectivity index (χ4n) is 3.44. The second kappa shape index (κ2) is 11.0. The summed E-state index contributed by atoms with van der Waals surface area (Å²) >= 11 is 1.76. The summed E-state index contributed by atoms with van der Waals surface area (Å²) in [6.45, 7) is 3.72. The molecule has 0 saturated carbocycles. The molecule has 3 rings (SSSR count). The Morgan fingerprint density at radius 3 is 2.43 bits per heavy atom. The number of nitrogens with zero attached hydrogens (tertiary/aromatic N) is 1. The lowest BCUT2D eigenvalue weighted by Crippen LogP contribution is -2.32. The average molecular weight is 447 g/mol. The van der Waals surface area contributed by atoms with Gasteiger partial charge in [0.2, 0.25) is 10.0 Å². The van der Waals surface area contributed by atoms with E-state index in [0.717, 1.165) is 37.2 Å². The van der Waals surface area contributed by atoms with E-state index in [1.54, 1.807) is 34.3 Å². The molecule has 1 saturated heterocycles. The maximum atomic E-state index is 13.0. The summed E-state index contributed by atoms with van der Waals surface area (Å²) in [5, 5.41) is 2.89. The summed E-state index contributed by atoms with van der Waals surface area (Å²) in [5.74, 6) is 1.46. The van der Waals surface area contributed by atoms with Crippen LogP contribution >= 0.6 is 11.8 Å². The van der Waals surface area contributed by atoms with E-state index < -0.39 is 10.0 Å². The van der Waals surface area contributed by atoms with Crippen molar-refractivity contribution >= 4 is 27.7 Å². The van der Waals surface area contributed by atoms with Crippen LogP contribution in [-0.4, -0.2) is 44.0 Å². The van der Waals surface area contributed by atoms with Gasteiger partial charge in [-0.2, -0.15) is 16.1 Å². The second-order valence-electron chi connectivity index (χ2n) is 7.64. The van der Waals surface area contributed by atoms with Gasteiger partial charge >= 0.3 is 0 Å². The van der Waals surface area contributed by atoms with E-state index in [-0.39, 0.29) is 10.8 Å². The Balaban J connectivity index is 1.52. The van der Waals surface area contributed by atoms with E-state index in [1.165, 1.54) is 17.2 Å².